The lowest BCUT2D eigenvalue weighted by Crippen LogP contribution is -2.40. The maximum Gasteiger partial charge on any atom is 0.109 e. The summed E-state index contributed by atoms with van der Waals surface area (Å²) in [4.78, 5) is 4.49. The summed E-state index contributed by atoms with van der Waals surface area (Å²) in [5, 5.41) is 7.26. The summed E-state index contributed by atoms with van der Waals surface area (Å²) in [7, 11) is 0. The molecule has 1 aromatic rings. The third kappa shape index (κ3) is 3.19. The van der Waals surface area contributed by atoms with Gasteiger partial charge in [0.15, 0.2) is 0 Å². The largest absolute Gasteiger partial charge is 0.305 e. The quantitative estimate of drug-likeness (QED) is 0.874. The van der Waals surface area contributed by atoms with Gasteiger partial charge in [-0.05, 0) is 37.5 Å². The van der Waals surface area contributed by atoms with E-state index in [9.17, 15) is 0 Å². The number of thiazole rings is 1. The van der Waals surface area contributed by atoms with Gasteiger partial charge in [0.1, 0.15) is 5.01 Å². The van der Waals surface area contributed by atoms with Crippen molar-refractivity contribution in [2.75, 3.05) is 0 Å². The van der Waals surface area contributed by atoms with E-state index in [0.717, 1.165) is 24.3 Å². The maximum absolute atomic E-state index is 4.49. The molecule has 0 bridgehead atoms. The third-order valence-corrected chi connectivity index (χ3v) is 6.02. The molecular weight excluding hydrogens is 252 g/mol. The van der Waals surface area contributed by atoms with Crippen molar-refractivity contribution in [3.05, 3.63) is 16.6 Å². The summed E-state index contributed by atoms with van der Waals surface area (Å²) >= 11 is 1.79. The van der Waals surface area contributed by atoms with Crippen LogP contribution >= 0.6 is 11.3 Å². The molecule has 1 aromatic heterocycles. The highest BCUT2D eigenvalue weighted by atomic mass is 32.1. The molecular formula is C16H26N2S. The Morgan fingerprint density at radius 1 is 1.26 bits per heavy atom. The second kappa shape index (κ2) is 6.36. The Hall–Kier alpha value is -0.410. The highest BCUT2D eigenvalue weighted by Gasteiger charge is 2.32. The number of nitrogens with one attached hydrogen (secondary N) is 1. The van der Waals surface area contributed by atoms with Crippen LogP contribution in [0.3, 0.4) is 0 Å². The van der Waals surface area contributed by atoms with Gasteiger partial charge in [-0.2, -0.15) is 0 Å². The summed E-state index contributed by atoms with van der Waals surface area (Å²) in [6, 6.07) is 1.21. The molecule has 1 heterocycles. The minimum Gasteiger partial charge on any atom is -0.305 e. The Bertz CT molecular complexity index is 376. The van der Waals surface area contributed by atoms with Crippen LogP contribution in [0.4, 0.5) is 0 Å². The number of hydrogen-bond donors (Lipinski definition) is 1. The van der Waals surface area contributed by atoms with Crippen LogP contribution in [0.1, 0.15) is 69.3 Å². The highest BCUT2D eigenvalue weighted by Crippen LogP contribution is 2.41. The fourth-order valence-corrected chi connectivity index (χ4v) is 4.86. The monoisotopic (exact) mass is 278 g/mol. The number of rotatable bonds is 4. The zero-order chi connectivity index (χ0) is 13.1. The van der Waals surface area contributed by atoms with Gasteiger partial charge in [-0.25, -0.2) is 4.98 Å². The second-order valence-corrected chi connectivity index (χ2v) is 7.24. The van der Waals surface area contributed by atoms with E-state index in [1.54, 1.807) is 11.3 Å². The summed E-state index contributed by atoms with van der Waals surface area (Å²) in [5.74, 6) is 2.06. The molecule has 0 radical (unpaired) electrons. The molecule has 0 aromatic carbocycles. The normalized spacial score (nSPS) is 32.8. The van der Waals surface area contributed by atoms with E-state index in [4.69, 9.17) is 0 Å². The van der Waals surface area contributed by atoms with Gasteiger partial charge in [0.25, 0.3) is 0 Å². The molecule has 0 aliphatic heterocycles. The fraction of sp³-hybridized carbons (Fsp3) is 0.812. The van der Waals surface area contributed by atoms with Crippen LogP contribution in [0.5, 0.6) is 0 Å². The molecule has 19 heavy (non-hydrogen) atoms. The molecule has 0 spiro atoms. The van der Waals surface area contributed by atoms with E-state index in [1.165, 1.54) is 50.0 Å². The molecule has 2 aliphatic carbocycles. The van der Waals surface area contributed by atoms with Gasteiger partial charge in [-0.3, -0.25) is 0 Å². The Balaban J connectivity index is 1.57. The van der Waals surface area contributed by atoms with Crippen LogP contribution in [0.25, 0.3) is 0 Å². The summed E-state index contributed by atoms with van der Waals surface area (Å²) in [5.41, 5.74) is 0. The van der Waals surface area contributed by atoms with Crippen molar-refractivity contribution in [2.45, 2.75) is 70.4 Å². The van der Waals surface area contributed by atoms with Gasteiger partial charge < -0.3 is 5.32 Å². The predicted molar refractivity (Wildman–Crippen MR) is 81.4 cm³/mol. The van der Waals surface area contributed by atoms with Gasteiger partial charge in [0, 0.05) is 17.6 Å². The first kappa shape index (κ1) is 13.6. The minimum absolute atomic E-state index is 0.477. The molecule has 0 saturated heterocycles. The van der Waals surface area contributed by atoms with Crippen LogP contribution in [-0.4, -0.2) is 11.0 Å². The number of fused-ring (bicyclic) bond motifs is 1. The van der Waals surface area contributed by atoms with Crippen LogP contribution < -0.4 is 5.32 Å². The molecule has 4 unspecified atom stereocenters. The van der Waals surface area contributed by atoms with Crippen molar-refractivity contribution >= 4 is 11.3 Å². The summed E-state index contributed by atoms with van der Waals surface area (Å²) < 4.78 is 0. The lowest BCUT2D eigenvalue weighted by molar-refractivity contribution is 0.138. The number of aromatic nitrogens is 1. The average Bonchev–Trinajstić information content (AvgIpc) is 2.98. The predicted octanol–water partition coefficient (Wildman–Crippen LogP) is 4.54. The molecule has 3 heteroatoms. The van der Waals surface area contributed by atoms with Crippen molar-refractivity contribution in [2.24, 2.45) is 11.8 Å². The van der Waals surface area contributed by atoms with Crippen LogP contribution in [0, 0.1) is 11.8 Å². The highest BCUT2D eigenvalue weighted by molar-refractivity contribution is 7.09. The first-order valence-corrected chi connectivity index (χ1v) is 8.90. The minimum atomic E-state index is 0.477. The number of nitrogens with zero attached hydrogens (tertiary/aromatic N) is 1. The molecule has 106 valence electrons. The van der Waals surface area contributed by atoms with E-state index in [2.05, 4.69) is 22.6 Å². The lowest BCUT2D eigenvalue weighted by atomic mass is 9.69. The molecule has 2 aliphatic rings. The third-order valence-electron chi connectivity index (χ3n) is 5.13. The van der Waals surface area contributed by atoms with Gasteiger partial charge in [-0.15, -0.1) is 11.3 Å². The topological polar surface area (TPSA) is 24.9 Å². The van der Waals surface area contributed by atoms with E-state index in [-0.39, 0.29) is 0 Å². The summed E-state index contributed by atoms with van der Waals surface area (Å²) in [6.45, 7) is 2.27. The SMILES string of the molecule is CCC(NC1CCC2CCCCC2C1)c1nccs1. The van der Waals surface area contributed by atoms with Crippen LogP contribution in [-0.2, 0) is 0 Å². The Morgan fingerprint density at radius 3 is 2.84 bits per heavy atom. The van der Waals surface area contributed by atoms with Gasteiger partial charge in [-0.1, -0.05) is 32.6 Å². The molecule has 2 saturated carbocycles. The van der Waals surface area contributed by atoms with Crippen molar-refractivity contribution in [3.8, 4) is 0 Å². The zero-order valence-corrected chi connectivity index (χ0v) is 12.8. The van der Waals surface area contributed by atoms with Gasteiger partial charge in [0.2, 0.25) is 0 Å². The Kier molecular flexibility index (Phi) is 4.54. The van der Waals surface area contributed by atoms with Crippen molar-refractivity contribution in [1.82, 2.24) is 10.3 Å². The van der Waals surface area contributed by atoms with E-state index >= 15 is 0 Å². The van der Waals surface area contributed by atoms with E-state index < -0.39 is 0 Å². The molecule has 2 fully saturated rings. The van der Waals surface area contributed by atoms with Crippen molar-refractivity contribution in [3.63, 3.8) is 0 Å². The van der Waals surface area contributed by atoms with Crippen molar-refractivity contribution < 1.29 is 0 Å². The first-order valence-electron chi connectivity index (χ1n) is 8.02. The van der Waals surface area contributed by atoms with Gasteiger partial charge in [0.05, 0.1) is 6.04 Å². The lowest BCUT2D eigenvalue weighted by Gasteiger charge is -2.40. The zero-order valence-electron chi connectivity index (χ0n) is 12.0. The Morgan fingerprint density at radius 2 is 2.11 bits per heavy atom. The van der Waals surface area contributed by atoms with Crippen molar-refractivity contribution in [1.29, 1.82) is 0 Å². The Labute approximate surface area is 121 Å². The first-order chi connectivity index (χ1) is 9.36. The van der Waals surface area contributed by atoms with E-state index in [0.29, 0.717) is 6.04 Å². The average molecular weight is 278 g/mol. The molecule has 3 rings (SSSR count). The summed E-state index contributed by atoms with van der Waals surface area (Å²) in [6.07, 6.45) is 13.3. The second-order valence-electron chi connectivity index (χ2n) is 6.31. The fourth-order valence-electron chi connectivity index (χ4n) is 4.08. The van der Waals surface area contributed by atoms with Crippen LogP contribution in [0.2, 0.25) is 0 Å². The molecule has 1 N–H and O–H groups in total. The van der Waals surface area contributed by atoms with Crippen LogP contribution in [0.15, 0.2) is 11.6 Å². The standard InChI is InChI=1S/C16H26N2S/c1-2-15(16-17-9-10-19-16)18-14-8-7-12-5-3-4-6-13(12)11-14/h9-10,12-15,18H,2-8,11H2,1H3. The molecule has 4 atom stereocenters. The smallest absolute Gasteiger partial charge is 0.109 e. The molecule has 0 amide bonds. The maximum atomic E-state index is 4.49. The van der Waals surface area contributed by atoms with E-state index in [1.807, 2.05) is 6.20 Å². The molecule has 2 nitrogen and oxygen atoms in total. The van der Waals surface area contributed by atoms with Gasteiger partial charge >= 0.3 is 0 Å². The number of hydrogen-bond acceptors (Lipinski definition) is 3.